The molecular weight excluding hydrogens is 290 g/mol. The molecule has 0 bridgehead atoms. The highest BCUT2D eigenvalue weighted by Crippen LogP contribution is 2.29. The minimum Gasteiger partial charge on any atom is -0.330 e. The zero-order valence-electron chi connectivity index (χ0n) is 11.1. The Morgan fingerprint density at radius 1 is 1.38 bits per heavy atom. The third kappa shape index (κ3) is 2.50. The summed E-state index contributed by atoms with van der Waals surface area (Å²) in [4.78, 5) is 11.3. The molecule has 2 N–H and O–H groups in total. The topological polar surface area (TPSA) is 99.3 Å². The number of aryl methyl sites for hydroxylation is 1. The lowest BCUT2D eigenvalue weighted by Gasteiger charge is -2.03. The monoisotopic (exact) mass is 303 g/mol. The van der Waals surface area contributed by atoms with Gasteiger partial charge in [-0.3, -0.25) is 14.5 Å². The highest BCUT2D eigenvalue weighted by molar-refractivity contribution is 7.15. The zero-order chi connectivity index (χ0) is 14.8. The molecule has 3 rings (SSSR count). The van der Waals surface area contributed by atoms with Gasteiger partial charge in [0.25, 0.3) is 5.69 Å². The van der Waals surface area contributed by atoms with Gasteiger partial charge in [0, 0.05) is 29.5 Å². The molecular formula is C13H13N5O2S. The quantitative estimate of drug-likeness (QED) is 0.575. The molecule has 0 fully saturated rings. The number of non-ortho nitro benzene ring substituents is 1. The van der Waals surface area contributed by atoms with Crippen LogP contribution in [0.3, 0.4) is 0 Å². The van der Waals surface area contributed by atoms with Crippen LogP contribution in [-0.4, -0.2) is 26.1 Å². The van der Waals surface area contributed by atoms with E-state index in [1.54, 1.807) is 12.1 Å². The Balaban J connectivity index is 2.09. The summed E-state index contributed by atoms with van der Waals surface area (Å²) in [5, 5.41) is 21.1. The minimum absolute atomic E-state index is 0.0726. The lowest BCUT2D eigenvalue weighted by Crippen LogP contribution is -2.03. The van der Waals surface area contributed by atoms with E-state index in [9.17, 15) is 10.1 Å². The first-order valence-corrected chi connectivity index (χ1v) is 7.35. The van der Waals surface area contributed by atoms with E-state index in [2.05, 4.69) is 10.2 Å². The third-order valence-electron chi connectivity index (χ3n) is 3.17. The van der Waals surface area contributed by atoms with Crippen LogP contribution in [0.25, 0.3) is 16.2 Å². The second-order valence-electron chi connectivity index (χ2n) is 4.55. The van der Waals surface area contributed by atoms with Gasteiger partial charge in [0.2, 0.25) is 4.96 Å². The highest BCUT2D eigenvalue weighted by Gasteiger charge is 2.15. The fraction of sp³-hybridized carbons (Fsp3) is 0.231. The molecule has 3 aromatic rings. The number of nitrogens with two attached hydrogens (primary N) is 1. The van der Waals surface area contributed by atoms with E-state index in [0.29, 0.717) is 6.54 Å². The number of nitrogens with zero attached hydrogens (tertiary/aromatic N) is 4. The Hall–Kier alpha value is -2.32. The van der Waals surface area contributed by atoms with Crippen molar-refractivity contribution in [1.82, 2.24) is 14.6 Å². The molecule has 0 atom stereocenters. The largest absolute Gasteiger partial charge is 0.330 e. The molecule has 0 unspecified atom stereocenters. The predicted octanol–water partition coefficient (Wildman–Crippen LogP) is 2.26. The molecule has 0 aliphatic rings. The second kappa shape index (κ2) is 5.58. The summed E-state index contributed by atoms with van der Waals surface area (Å²) in [6.45, 7) is 0.588. The molecule has 8 heteroatoms. The smallest absolute Gasteiger partial charge is 0.270 e. The van der Waals surface area contributed by atoms with E-state index in [4.69, 9.17) is 5.73 Å². The van der Waals surface area contributed by atoms with Gasteiger partial charge in [-0.15, -0.1) is 21.5 Å². The molecule has 7 nitrogen and oxygen atoms in total. The second-order valence-corrected chi connectivity index (χ2v) is 5.39. The SMILES string of the molecule is NCCCc1nnc2scc(-c3cccc([N+](=O)[O-])c3)n12. The van der Waals surface area contributed by atoms with Crippen LogP contribution in [0.2, 0.25) is 0 Å². The van der Waals surface area contributed by atoms with Crippen molar-refractivity contribution in [2.75, 3.05) is 6.54 Å². The van der Waals surface area contributed by atoms with Gasteiger partial charge in [0.05, 0.1) is 10.6 Å². The van der Waals surface area contributed by atoms with Crippen LogP contribution in [0.4, 0.5) is 5.69 Å². The molecule has 0 spiro atoms. The minimum atomic E-state index is -0.394. The molecule has 0 aliphatic carbocycles. The van der Waals surface area contributed by atoms with E-state index in [-0.39, 0.29) is 5.69 Å². The van der Waals surface area contributed by atoms with Gasteiger partial charge in [-0.1, -0.05) is 12.1 Å². The Morgan fingerprint density at radius 3 is 3.00 bits per heavy atom. The number of fused-ring (bicyclic) bond motifs is 1. The Kier molecular flexibility index (Phi) is 3.63. The number of nitro groups is 1. The third-order valence-corrected chi connectivity index (χ3v) is 3.99. The van der Waals surface area contributed by atoms with Gasteiger partial charge in [0.15, 0.2) is 0 Å². The van der Waals surface area contributed by atoms with Crippen molar-refractivity contribution in [2.24, 2.45) is 5.73 Å². The van der Waals surface area contributed by atoms with Crippen LogP contribution >= 0.6 is 11.3 Å². The normalized spacial score (nSPS) is 11.1. The van der Waals surface area contributed by atoms with Gasteiger partial charge >= 0.3 is 0 Å². The first-order valence-electron chi connectivity index (χ1n) is 6.47. The van der Waals surface area contributed by atoms with Gasteiger partial charge in [-0.05, 0) is 13.0 Å². The molecule has 2 aromatic heterocycles. The summed E-state index contributed by atoms with van der Waals surface area (Å²) in [6, 6.07) is 6.57. The lowest BCUT2D eigenvalue weighted by molar-refractivity contribution is -0.384. The van der Waals surface area contributed by atoms with Crippen LogP contribution < -0.4 is 5.73 Å². The van der Waals surface area contributed by atoms with Crippen molar-refractivity contribution in [2.45, 2.75) is 12.8 Å². The fourth-order valence-corrected chi connectivity index (χ4v) is 3.03. The molecule has 0 aliphatic heterocycles. The molecule has 1 aromatic carbocycles. The van der Waals surface area contributed by atoms with Gasteiger partial charge in [-0.2, -0.15) is 0 Å². The van der Waals surface area contributed by atoms with E-state index in [0.717, 1.165) is 34.9 Å². The van der Waals surface area contributed by atoms with Crippen molar-refractivity contribution in [3.8, 4) is 11.3 Å². The van der Waals surface area contributed by atoms with E-state index in [1.807, 2.05) is 15.8 Å². The average molecular weight is 303 g/mol. The number of thiazole rings is 1. The van der Waals surface area contributed by atoms with Crippen LogP contribution in [0, 0.1) is 10.1 Å². The first kappa shape index (κ1) is 13.7. The Bertz CT molecular complexity index is 795. The van der Waals surface area contributed by atoms with Crippen LogP contribution in [0.5, 0.6) is 0 Å². The lowest BCUT2D eigenvalue weighted by atomic mass is 10.1. The summed E-state index contributed by atoms with van der Waals surface area (Å²) >= 11 is 1.47. The molecule has 0 amide bonds. The number of benzene rings is 1. The van der Waals surface area contributed by atoms with E-state index < -0.39 is 4.92 Å². The van der Waals surface area contributed by atoms with Gasteiger partial charge in [0.1, 0.15) is 5.82 Å². The first-order chi connectivity index (χ1) is 10.2. The maximum Gasteiger partial charge on any atom is 0.270 e. The Labute approximate surface area is 124 Å². The standard InChI is InChI=1S/C13H13N5O2S/c14-6-2-5-12-15-16-13-17(12)11(8-21-13)9-3-1-4-10(7-9)18(19)20/h1,3-4,7-8H,2,5-6,14H2. The highest BCUT2D eigenvalue weighted by atomic mass is 32.1. The molecule has 0 saturated carbocycles. The summed E-state index contributed by atoms with van der Waals surface area (Å²) in [6.07, 6.45) is 1.56. The zero-order valence-corrected chi connectivity index (χ0v) is 11.9. The molecule has 108 valence electrons. The number of rotatable bonds is 5. The van der Waals surface area contributed by atoms with Gasteiger partial charge in [-0.25, -0.2) is 0 Å². The van der Waals surface area contributed by atoms with Crippen LogP contribution in [0.15, 0.2) is 29.6 Å². The maximum atomic E-state index is 10.9. The summed E-state index contributed by atoms with van der Waals surface area (Å²) in [5.41, 5.74) is 7.26. The number of nitro benzene ring substituents is 1. The predicted molar refractivity (Wildman–Crippen MR) is 80.3 cm³/mol. The number of hydrogen-bond acceptors (Lipinski definition) is 6. The number of hydrogen-bond donors (Lipinski definition) is 1. The molecule has 21 heavy (non-hydrogen) atoms. The van der Waals surface area contributed by atoms with Crippen molar-refractivity contribution < 1.29 is 4.92 Å². The van der Waals surface area contributed by atoms with Crippen LogP contribution in [-0.2, 0) is 6.42 Å². The molecule has 2 heterocycles. The number of aromatic nitrogens is 3. The van der Waals surface area contributed by atoms with Crippen molar-refractivity contribution in [3.63, 3.8) is 0 Å². The fourth-order valence-electron chi connectivity index (χ4n) is 2.18. The maximum absolute atomic E-state index is 10.9. The average Bonchev–Trinajstić information content (AvgIpc) is 3.07. The van der Waals surface area contributed by atoms with Crippen molar-refractivity contribution in [1.29, 1.82) is 0 Å². The summed E-state index contributed by atoms with van der Waals surface area (Å²) in [5.74, 6) is 0.832. The van der Waals surface area contributed by atoms with E-state index >= 15 is 0 Å². The van der Waals surface area contributed by atoms with Gasteiger partial charge < -0.3 is 5.73 Å². The Morgan fingerprint density at radius 2 is 2.24 bits per heavy atom. The van der Waals surface area contributed by atoms with Crippen LogP contribution in [0.1, 0.15) is 12.2 Å². The molecule has 0 radical (unpaired) electrons. The van der Waals surface area contributed by atoms with Crippen molar-refractivity contribution >= 4 is 22.0 Å². The van der Waals surface area contributed by atoms with Crippen molar-refractivity contribution in [3.05, 3.63) is 45.6 Å². The summed E-state index contributed by atoms with van der Waals surface area (Å²) < 4.78 is 1.94. The molecule has 0 saturated heterocycles. The van der Waals surface area contributed by atoms with E-state index in [1.165, 1.54) is 17.4 Å². The summed E-state index contributed by atoms with van der Waals surface area (Å²) in [7, 11) is 0.